The number of allylic oxidation sites excluding steroid dienone is 2. The van der Waals surface area contributed by atoms with Crippen molar-refractivity contribution in [2.45, 2.75) is 309 Å². The highest BCUT2D eigenvalue weighted by molar-refractivity contribution is 5.76. The van der Waals surface area contributed by atoms with E-state index in [1.165, 1.54) is 193 Å². The van der Waals surface area contributed by atoms with Crippen LogP contribution in [0.5, 0.6) is 0 Å². The van der Waals surface area contributed by atoms with Gasteiger partial charge in [0.1, 0.15) is 0 Å². The second kappa shape index (κ2) is 50.2. The Morgan fingerprint density at radius 1 is 0.450 bits per heavy atom. The Bertz CT molecular complexity index is 893. The topological polar surface area (TPSA) is 95.9 Å². The van der Waals surface area contributed by atoms with Crippen LogP contribution in [0.2, 0.25) is 0 Å². The van der Waals surface area contributed by atoms with Crippen molar-refractivity contribution in [3.8, 4) is 0 Å². The van der Waals surface area contributed by atoms with E-state index in [4.69, 9.17) is 4.74 Å². The number of aliphatic hydroxyl groups excluding tert-OH is 2. The molecule has 0 heterocycles. The number of unbranched alkanes of at least 4 members (excludes halogenated alkanes) is 37. The quantitative estimate of drug-likeness (QED) is 0.0322. The van der Waals surface area contributed by atoms with Gasteiger partial charge in [0.25, 0.3) is 0 Å². The molecule has 0 aromatic carbocycles. The molecule has 0 bridgehead atoms. The van der Waals surface area contributed by atoms with Gasteiger partial charge in [-0.1, -0.05) is 244 Å². The minimum Gasteiger partial charge on any atom is -0.466 e. The third kappa shape index (κ3) is 46.1. The highest BCUT2D eigenvalue weighted by atomic mass is 16.5. The van der Waals surface area contributed by atoms with Gasteiger partial charge in [-0.15, -0.1) is 0 Å². The molecule has 0 spiro atoms. The molecular formula is C54H105NO5. The number of amides is 1. The lowest BCUT2D eigenvalue weighted by Gasteiger charge is -2.22. The van der Waals surface area contributed by atoms with Gasteiger partial charge in [0.15, 0.2) is 0 Å². The van der Waals surface area contributed by atoms with Crippen LogP contribution in [0.1, 0.15) is 296 Å². The zero-order valence-corrected chi connectivity index (χ0v) is 40.5. The highest BCUT2D eigenvalue weighted by Gasteiger charge is 2.20. The summed E-state index contributed by atoms with van der Waals surface area (Å²) in [4.78, 5) is 24.4. The first kappa shape index (κ1) is 58.6. The predicted molar refractivity (Wildman–Crippen MR) is 260 cm³/mol. The average molecular weight is 848 g/mol. The van der Waals surface area contributed by atoms with Crippen LogP contribution in [0.15, 0.2) is 12.2 Å². The number of carbonyl (C=O) groups is 2. The van der Waals surface area contributed by atoms with E-state index in [0.717, 1.165) is 70.6 Å². The summed E-state index contributed by atoms with van der Waals surface area (Å²) in [5, 5.41) is 23.1. The highest BCUT2D eigenvalue weighted by Crippen LogP contribution is 2.17. The van der Waals surface area contributed by atoms with E-state index in [9.17, 15) is 19.8 Å². The Kier molecular flexibility index (Phi) is 49.1. The molecule has 0 radical (unpaired) electrons. The number of carbonyl (C=O) groups excluding carboxylic acids is 2. The molecule has 2 unspecified atom stereocenters. The maximum absolute atomic E-state index is 12.4. The molecule has 0 rings (SSSR count). The van der Waals surface area contributed by atoms with Gasteiger partial charge >= 0.3 is 5.97 Å². The molecule has 0 saturated carbocycles. The first-order valence-electron chi connectivity index (χ1n) is 26.9. The van der Waals surface area contributed by atoms with Gasteiger partial charge in [0.05, 0.1) is 25.4 Å². The first-order valence-corrected chi connectivity index (χ1v) is 26.9. The number of esters is 1. The van der Waals surface area contributed by atoms with Crippen LogP contribution in [-0.2, 0) is 14.3 Å². The normalized spacial score (nSPS) is 12.7. The minimum absolute atomic E-state index is 0.00541. The lowest BCUT2D eigenvalue weighted by atomic mass is 10.0. The summed E-state index contributed by atoms with van der Waals surface area (Å²) in [5.74, 6) is -0.0574. The monoisotopic (exact) mass is 848 g/mol. The van der Waals surface area contributed by atoms with Crippen LogP contribution >= 0.6 is 0 Å². The van der Waals surface area contributed by atoms with E-state index in [-0.39, 0.29) is 18.5 Å². The number of hydrogen-bond donors (Lipinski definition) is 3. The smallest absolute Gasteiger partial charge is 0.305 e. The lowest BCUT2D eigenvalue weighted by molar-refractivity contribution is -0.143. The van der Waals surface area contributed by atoms with Crippen LogP contribution in [-0.4, -0.2) is 47.4 Å². The van der Waals surface area contributed by atoms with Crippen LogP contribution in [0, 0.1) is 0 Å². The number of ether oxygens (including phenoxy) is 1. The maximum atomic E-state index is 12.4. The fourth-order valence-electron chi connectivity index (χ4n) is 8.40. The molecule has 0 aromatic rings. The van der Waals surface area contributed by atoms with E-state index in [1.54, 1.807) is 0 Å². The Morgan fingerprint density at radius 3 is 1.18 bits per heavy atom. The first-order chi connectivity index (χ1) is 29.5. The molecule has 0 aromatic heterocycles. The van der Waals surface area contributed by atoms with Gasteiger partial charge in [-0.05, 0) is 51.4 Å². The van der Waals surface area contributed by atoms with Crippen molar-refractivity contribution in [1.82, 2.24) is 5.32 Å². The van der Waals surface area contributed by atoms with E-state index >= 15 is 0 Å². The molecule has 1 amide bonds. The van der Waals surface area contributed by atoms with Crippen molar-refractivity contribution in [2.75, 3.05) is 13.2 Å². The predicted octanol–water partition coefficient (Wildman–Crippen LogP) is 16.1. The van der Waals surface area contributed by atoms with Crippen LogP contribution < -0.4 is 5.32 Å². The second-order valence-corrected chi connectivity index (χ2v) is 18.6. The van der Waals surface area contributed by atoms with Crippen LogP contribution in [0.25, 0.3) is 0 Å². The van der Waals surface area contributed by atoms with Crippen molar-refractivity contribution in [2.24, 2.45) is 0 Å². The molecular weight excluding hydrogens is 743 g/mol. The van der Waals surface area contributed by atoms with Gasteiger partial charge in [-0.3, -0.25) is 9.59 Å². The van der Waals surface area contributed by atoms with Gasteiger partial charge < -0.3 is 20.3 Å². The number of nitrogens with one attached hydrogen (secondary N) is 1. The Labute approximate surface area is 374 Å². The van der Waals surface area contributed by atoms with E-state index in [2.05, 4.69) is 31.3 Å². The Hall–Kier alpha value is -1.40. The largest absolute Gasteiger partial charge is 0.466 e. The summed E-state index contributed by atoms with van der Waals surface area (Å²) < 4.78 is 5.47. The molecule has 60 heavy (non-hydrogen) atoms. The molecule has 356 valence electrons. The minimum atomic E-state index is -0.671. The van der Waals surface area contributed by atoms with E-state index in [0.29, 0.717) is 25.9 Å². The van der Waals surface area contributed by atoms with E-state index in [1.807, 2.05) is 0 Å². The van der Waals surface area contributed by atoms with Crippen LogP contribution in [0.3, 0.4) is 0 Å². The second-order valence-electron chi connectivity index (χ2n) is 18.6. The Balaban J connectivity index is 3.41. The molecule has 0 fully saturated rings. The van der Waals surface area contributed by atoms with Crippen molar-refractivity contribution < 1.29 is 24.5 Å². The standard InChI is InChI=1S/C54H105NO5/c1-3-5-7-9-11-13-14-15-16-17-18-19-22-25-28-32-36-40-44-48-54(59)60-49-45-41-37-33-29-26-23-20-21-24-27-31-35-39-43-47-53(58)55-51(50-56)52(57)46-42-38-34-30-12-10-8-6-4-2/h23,26,51-52,56-57H,3-22,24-25,27-50H2,1-2H3,(H,55,58)/b26-23-. The van der Waals surface area contributed by atoms with Crippen LogP contribution in [0.4, 0.5) is 0 Å². The zero-order valence-electron chi connectivity index (χ0n) is 40.5. The summed E-state index contributed by atoms with van der Waals surface area (Å²) >= 11 is 0. The Morgan fingerprint density at radius 2 is 0.783 bits per heavy atom. The summed E-state index contributed by atoms with van der Waals surface area (Å²) in [5.41, 5.74) is 0. The van der Waals surface area contributed by atoms with Crippen molar-refractivity contribution in [3.63, 3.8) is 0 Å². The van der Waals surface area contributed by atoms with Gasteiger partial charge in [0.2, 0.25) is 5.91 Å². The van der Waals surface area contributed by atoms with E-state index < -0.39 is 12.1 Å². The van der Waals surface area contributed by atoms with Gasteiger partial charge in [0, 0.05) is 12.8 Å². The number of hydrogen-bond acceptors (Lipinski definition) is 5. The summed E-state index contributed by atoms with van der Waals surface area (Å²) in [7, 11) is 0. The van der Waals surface area contributed by atoms with Crippen molar-refractivity contribution in [1.29, 1.82) is 0 Å². The maximum Gasteiger partial charge on any atom is 0.305 e. The fourth-order valence-corrected chi connectivity index (χ4v) is 8.40. The third-order valence-corrected chi connectivity index (χ3v) is 12.6. The van der Waals surface area contributed by atoms with Crippen molar-refractivity contribution >= 4 is 11.9 Å². The summed E-state index contributed by atoms with van der Waals surface area (Å²) in [6, 6.07) is -0.550. The third-order valence-electron chi connectivity index (χ3n) is 12.6. The molecule has 6 nitrogen and oxygen atoms in total. The zero-order chi connectivity index (χ0) is 43.7. The summed E-state index contributed by atoms with van der Waals surface area (Å²) in [6.45, 7) is 4.91. The fraction of sp³-hybridized carbons (Fsp3) is 0.926. The molecule has 0 saturated heterocycles. The molecule has 0 aliphatic rings. The molecule has 0 aliphatic heterocycles. The number of rotatable bonds is 50. The lowest BCUT2D eigenvalue weighted by Crippen LogP contribution is -2.45. The van der Waals surface area contributed by atoms with Gasteiger partial charge in [-0.2, -0.15) is 0 Å². The molecule has 0 aliphatic carbocycles. The number of aliphatic hydroxyl groups is 2. The molecule has 6 heteroatoms. The van der Waals surface area contributed by atoms with Crippen molar-refractivity contribution in [3.05, 3.63) is 12.2 Å². The van der Waals surface area contributed by atoms with Gasteiger partial charge in [-0.25, -0.2) is 0 Å². The average Bonchev–Trinajstić information content (AvgIpc) is 3.25. The molecule has 3 N–H and O–H groups in total. The summed E-state index contributed by atoms with van der Waals surface area (Å²) in [6.07, 6.45) is 57.7. The molecule has 2 atom stereocenters. The SMILES string of the molecule is CCCCCCCCCCCCCCCCCCCCCC(=O)OCCCCCC/C=C\CCCCCCCCCC(=O)NC(CO)C(O)CCCCCCCCCCC.